The molecule has 1 aromatic heterocycles. The van der Waals surface area contributed by atoms with E-state index in [9.17, 15) is 4.79 Å². The number of para-hydroxylation sites is 1. The Balaban J connectivity index is 2.05. The van der Waals surface area contributed by atoms with Crippen LogP contribution in [0.3, 0.4) is 0 Å². The topological polar surface area (TPSA) is 73.9 Å². The third-order valence-electron chi connectivity index (χ3n) is 3.18. The van der Waals surface area contributed by atoms with Crippen molar-refractivity contribution in [2.45, 2.75) is 0 Å². The molecule has 0 saturated heterocycles. The number of H-pyrrole nitrogens is 2. The van der Waals surface area contributed by atoms with Crippen molar-refractivity contribution < 1.29 is 0 Å². The molecular weight excluding hydrogens is 367 g/mol. The molecule has 3 aromatic rings. The van der Waals surface area contributed by atoms with Gasteiger partial charge >= 0.3 is 0 Å². The molecule has 8 heteroatoms. The van der Waals surface area contributed by atoms with Gasteiger partial charge in [0.25, 0.3) is 5.56 Å². The molecule has 24 heavy (non-hydrogen) atoms. The monoisotopic (exact) mass is 376 g/mol. The Morgan fingerprint density at radius 2 is 1.96 bits per heavy atom. The van der Waals surface area contributed by atoms with Crippen LogP contribution in [-0.2, 0) is 0 Å². The molecule has 1 heterocycles. The standard InChI is InChI=1S/C16H10Cl2N4OS/c17-10-6-5-9(12(18)7-10)8-19-13-4-2-1-3-11(13)14-15(23)20-16(24)22-21-14/h1-8H,(H2,20,22,23,24). The molecule has 0 aliphatic heterocycles. The number of hydrogen-bond donors (Lipinski definition) is 2. The number of nitrogens with zero attached hydrogens (tertiary/aromatic N) is 2. The van der Waals surface area contributed by atoms with E-state index in [1.54, 1.807) is 42.6 Å². The summed E-state index contributed by atoms with van der Waals surface area (Å²) in [5, 5.41) is 7.62. The van der Waals surface area contributed by atoms with Gasteiger partial charge in [-0.1, -0.05) is 47.5 Å². The van der Waals surface area contributed by atoms with E-state index < -0.39 is 0 Å². The summed E-state index contributed by atoms with van der Waals surface area (Å²) in [6, 6.07) is 12.3. The van der Waals surface area contributed by atoms with Crippen LogP contribution in [-0.4, -0.2) is 21.4 Å². The van der Waals surface area contributed by atoms with E-state index in [1.807, 2.05) is 6.07 Å². The van der Waals surface area contributed by atoms with Crippen LogP contribution in [0.2, 0.25) is 10.0 Å². The zero-order valence-corrected chi connectivity index (χ0v) is 14.4. The highest BCUT2D eigenvalue weighted by Gasteiger charge is 2.09. The lowest BCUT2D eigenvalue weighted by Crippen LogP contribution is -2.12. The van der Waals surface area contributed by atoms with E-state index in [-0.39, 0.29) is 16.0 Å². The summed E-state index contributed by atoms with van der Waals surface area (Å²) in [7, 11) is 0. The SMILES string of the molecule is O=c1[nH]c(=S)[nH]nc1-c1ccccc1N=Cc1ccc(Cl)cc1Cl. The highest BCUT2D eigenvalue weighted by Crippen LogP contribution is 2.27. The van der Waals surface area contributed by atoms with Crippen LogP contribution in [0.5, 0.6) is 0 Å². The minimum atomic E-state index is -0.383. The first kappa shape index (κ1) is 16.6. The first-order valence-electron chi connectivity index (χ1n) is 6.82. The van der Waals surface area contributed by atoms with Gasteiger partial charge in [-0.3, -0.25) is 19.9 Å². The predicted octanol–water partition coefficient (Wildman–Crippen LogP) is 4.55. The second-order valence-corrected chi connectivity index (χ2v) is 6.05. The fourth-order valence-corrected chi connectivity index (χ4v) is 2.66. The van der Waals surface area contributed by atoms with E-state index in [4.69, 9.17) is 35.4 Å². The number of aromatic nitrogens is 3. The van der Waals surface area contributed by atoms with Crippen molar-refractivity contribution in [3.63, 3.8) is 0 Å². The van der Waals surface area contributed by atoms with Crippen LogP contribution < -0.4 is 5.56 Å². The number of aromatic amines is 2. The number of rotatable bonds is 3. The van der Waals surface area contributed by atoms with Crippen LogP contribution >= 0.6 is 35.4 Å². The highest BCUT2D eigenvalue weighted by atomic mass is 35.5. The third-order valence-corrected chi connectivity index (χ3v) is 3.93. The molecule has 0 saturated carbocycles. The Morgan fingerprint density at radius 1 is 1.17 bits per heavy atom. The second-order valence-electron chi connectivity index (χ2n) is 4.80. The van der Waals surface area contributed by atoms with Crippen LogP contribution in [0.25, 0.3) is 11.3 Å². The lowest BCUT2D eigenvalue weighted by Gasteiger charge is -2.04. The molecule has 0 atom stereocenters. The smallest absolute Gasteiger partial charge is 0.278 e. The summed E-state index contributed by atoms with van der Waals surface area (Å²) < 4.78 is 0.165. The van der Waals surface area contributed by atoms with Gasteiger partial charge in [-0.25, -0.2) is 0 Å². The summed E-state index contributed by atoms with van der Waals surface area (Å²) in [5.74, 6) is 0. The van der Waals surface area contributed by atoms with Gasteiger partial charge in [-0.2, -0.15) is 5.10 Å². The van der Waals surface area contributed by atoms with E-state index in [1.165, 1.54) is 0 Å². The summed E-state index contributed by atoms with van der Waals surface area (Å²) in [6.45, 7) is 0. The summed E-state index contributed by atoms with van der Waals surface area (Å²) in [4.78, 5) is 19.0. The Morgan fingerprint density at radius 3 is 2.71 bits per heavy atom. The quantitative estimate of drug-likeness (QED) is 0.519. The molecule has 5 nitrogen and oxygen atoms in total. The van der Waals surface area contributed by atoms with E-state index in [0.29, 0.717) is 26.9 Å². The van der Waals surface area contributed by atoms with Crippen LogP contribution in [0.15, 0.2) is 52.3 Å². The van der Waals surface area contributed by atoms with E-state index in [0.717, 1.165) is 0 Å². The predicted molar refractivity (Wildman–Crippen MR) is 99.2 cm³/mol. The molecule has 0 aliphatic rings. The number of benzene rings is 2. The van der Waals surface area contributed by atoms with Crippen molar-refractivity contribution in [2.75, 3.05) is 0 Å². The molecular formula is C16H10Cl2N4OS. The Labute approximate surface area is 152 Å². The highest BCUT2D eigenvalue weighted by molar-refractivity contribution is 7.71. The molecule has 2 N–H and O–H groups in total. The molecule has 0 radical (unpaired) electrons. The molecule has 3 rings (SSSR count). The maximum absolute atomic E-state index is 12.1. The Bertz CT molecular complexity index is 1040. The van der Waals surface area contributed by atoms with Crippen molar-refractivity contribution in [3.05, 3.63) is 73.2 Å². The van der Waals surface area contributed by atoms with Gasteiger partial charge in [-0.15, -0.1) is 0 Å². The Kier molecular flexibility index (Phi) is 4.89. The first-order valence-corrected chi connectivity index (χ1v) is 7.98. The normalized spacial score (nSPS) is 11.1. The summed E-state index contributed by atoms with van der Waals surface area (Å²) >= 11 is 16.9. The number of nitrogens with one attached hydrogen (secondary N) is 2. The summed E-state index contributed by atoms with van der Waals surface area (Å²) in [5.41, 5.74) is 1.69. The van der Waals surface area contributed by atoms with E-state index in [2.05, 4.69) is 20.2 Å². The zero-order valence-electron chi connectivity index (χ0n) is 12.1. The molecule has 0 unspecified atom stereocenters. The molecule has 0 spiro atoms. The molecule has 2 aromatic carbocycles. The van der Waals surface area contributed by atoms with Gasteiger partial charge in [0.2, 0.25) is 0 Å². The van der Waals surface area contributed by atoms with Crippen molar-refractivity contribution in [1.29, 1.82) is 0 Å². The molecule has 0 aliphatic carbocycles. The Hall–Kier alpha value is -2.28. The van der Waals surface area contributed by atoms with Gasteiger partial charge in [0.15, 0.2) is 10.5 Å². The summed E-state index contributed by atoms with van der Waals surface area (Å²) in [6.07, 6.45) is 1.61. The molecule has 0 amide bonds. The fourth-order valence-electron chi connectivity index (χ4n) is 2.06. The van der Waals surface area contributed by atoms with Crippen LogP contribution in [0, 0.1) is 4.77 Å². The number of aliphatic imine (C=N–C) groups is 1. The maximum atomic E-state index is 12.1. The fraction of sp³-hybridized carbons (Fsp3) is 0. The van der Waals surface area contributed by atoms with E-state index >= 15 is 0 Å². The lowest BCUT2D eigenvalue weighted by atomic mass is 10.1. The van der Waals surface area contributed by atoms with Crippen LogP contribution in [0.1, 0.15) is 5.56 Å². The minimum absolute atomic E-state index is 0.165. The van der Waals surface area contributed by atoms with Gasteiger partial charge in [0.1, 0.15) is 0 Å². The molecule has 0 bridgehead atoms. The molecule has 0 fully saturated rings. The van der Waals surface area contributed by atoms with Crippen molar-refractivity contribution in [1.82, 2.24) is 15.2 Å². The average Bonchev–Trinajstić information content (AvgIpc) is 2.55. The average molecular weight is 377 g/mol. The third kappa shape index (κ3) is 3.62. The maximum Gasteiger partial charge on any atom is 0.278 e. The number of hydrogen-bond acceptors (Lipinski definition) is 4. The van der Waals surface area contributed by atoms with Gasteiger partial charge < -0.3 is 0 Å². The largest absolute Gasteiger partial charge is 0.296 e. The minimum Gasteiger partial charge on any atom is -0.296 e. The van der Waals surface area contributed by atoms with Gasteiger partial charge in [0, 0.05) is 22.4 Å². The molecule has 120 valence electrons. The van der Waals surface area contributed by atoms with Crippen LogP contribution in [0.4, 0.5) is 5.69 Å². The zero-order chi connectivity index (χ0) is 17.1. The van der Waals surface area contributed by atoms with Crippen molar-refractivity contribution in [3.8, 4) is 11.3 Å². The van der Waals surface area contributed by atoms with Gasteiger partial charge in [-0.05, 0) is 30.4 Å². The van der Waals surface area contributed by atoms with Crippen molar-refractivity contribution >= 4 is 47.3 Å². The lowest BCUT2D eigenvalue weighted by molar-refractivity contribution is 0.932. The first-order chi connectivity index (χ1) is 11.5. The van der Waals surface area contributed by atoms with Crippen molar-refractivity contribution in [2.24, 2.45) is 4.99 Å². The number of halogens is 2. The second kappa shape index (κ2) is 7.09. The van der Waals surface area contributed by atoms with Gasteiger partial charge in [0.05, 0.1) is 10.7 Å².